The molecule has 0 spiro atoms. The van der Waals surface area contributed by atoms with Crippen molar-refractivity contribution in [1.29, 1.82) is 5.26 Å². The van der Waals surface area contributed by atoms with E-state index < -0.39 is 0 Å². The minimum atomic E-state index is 0.147. The highest BCUT2D eigenvalue weighted by atomic mass is 15.1. The minimum absolute atomic E-state index is 0.147. The summed E-state index contributed by atoms with van der Waals surface area (Å²) in [5.74, 6) is 0.147. The molecular weight excluding hydrogens is 126 g/mol. The number of nitrogens with two attached hydrogens (primary N) is 1. The van der Waals surface area contributed by atoms with E-state index in [2.05, 4.69) is 11.0 Å². The van der Waals surface area contributed by atoms with Gasteiger partial charge in [-0.25, -0.2) is 0 Å². The Balaban J connectivity index is 2.44. The Hall–Kier alpha value is -0.590. The Bertz CT molecular complexity index is 139. The van der Waals surface area contributed by atoms with Crippen molar-refractivity contribution in [3.63, 3.8) is 0 Å². The van der Waals surface area contributed by atoms with Gasteiger partial charge in [-0.1, -0.05) is 0 Å². The zero-order chi connectivity index (χ0) is 7.56. The molecule has 1 aliphatic rings. The molecule has 1 saturated heterocycles. The molecule has 1 fully saturated rings. The number of nitrogens with zero attached hydrogens (tertiary/aromatic N) is 2. The second-order valence-electron chi connectivity index (χ2n) is 3.04. The predicted molar refractivity (Wildman–Crippen MR) is 39.2 cm³/mol. The smallest absolute Gasteiger partial charge is 0.0669 e. The van der Waals surface area contributed by atoms with Crippen molar-refractivity contribution in [2.24, 2.45) is 11.7 Å². The van der Waals surface area contributed by atoms with E-state index in [0.29, 0.717) is 0 Å². The van der Waals surface area contributed by atoms with Crippen LogP contribution in [0.3, 0.4) is 0 Å². The van der Waals surface area contributed by atoms with E-state index in [1.54, 1.807) is 0 Å². The third kappa shape index (κ3) is 1.69. The van der Waals surface area contributed by atoms with Crippen LogP contribution < -0.4 is 5.73 Å². The number of rotatable bonds is 0. The van der Waals surface area contributed by atoms with Gasteiger partial charge < -0.3 is 10.6 Å². The predicted octanol–water partition coefficient (Wildman–Crippen LogP) is -0.211. The molecule has 0 aromatic carbocycles. The Morgan fingerprint density at radius 2 is 2.30 bits per heavy atom. The monoisotopic (exact) mass is 139 g/mol. The zero-order valence-corrected chi connectivity index (χ0v) is 6.25. The third-order valence-corrected chi connectivity index (χ3v) is 1.85. The summed E-state index contributed by atoms with van der Waals surface area (Å²) < 4.78 is 0. The van der Waals surface area contributed by atoms with E-state index in [-0.39, 0.29) is 12.0 Å². The second kappa shape index (κ2) is 3.00. The van der Waals surface area contributed by atoms with Crippen LogP contribution in [0.2, 0.25) is 0 Å². The average molecular weight is 139 g/mol. The highest BCUT2D eigenvalue weighted by molar-refractivity contribution is 4.91. The lowest BCUT2D eigenvalue weighted by molar-refractivity contribution is 0.217. The van der Waals surface area contributed by atoms with Crippen molar-refractivity contribution >= 4 is 0 Å². The summed E-state index contributed by atoms with van der Waals surface area (Å²) in [6.45, 7) is 1.81. The molecule has 0 aliphatic carbocycles. The van der Waals surface area contributed by atoms with Gasteiger partial charge in [0.1, 0.15) is 0 Å². The minimum Gasteiger partial charge on any atom is -0.326 e. The summed E-state index contributed by atoms with van der Waals surface area (Å²) in [4.78, 5) is 2.11. The van der Waals surface area contributed by atoms with E-state index >= 15 is 0 Å². The summed E-state index contributed by atoms with van der Waals surface area (Å²) in [7, 11) is 2.00. The van der Waals surface area contributed by atoms with E-state index in [4.69, 9.17) is 11.0 Å². The van der Waals surface area contributed by atoms with Crippen molar-refractivity contribution < 1.29 is 0 Å². The first kappa shape index (κ1) is 7.52. The van der Waals surface area contributed by atoms with Gasteiger partial charge in [-0.15, -0.1) is 0 Å². The number of hydrogen-bond donors (Lipinski definition) is 1. The highest BCUT2D eigenvalue weighted by Crippen LogP contribution is 2.12. The van der Waals surface area contributed by atoms with E-state index in [0.717, 1.165) is 19.5 Å². The first-order valence-electron chi connectivity index (χ1n) is 3.56. The summed E-state index contributed by atoms with van der Waals surface area (Å²) in [5.41, 5.74) is 5.70. The molecule has 0 amide bonds. The standard InChI is InChI=1S/C7H13N3/c1-10-4-6(3-8)2-7(9)5-10/h6-7H,2,4-5,9H2,1H3. The van der Waals surface area contributed by atoms with Crippen molar-refractivity contribution in [2.45, 2.75) is 12.5 Å². The van der Waals surface area contributed by atoms with Gasteiger partial charge in [-0.3, -0.25) is 0 Å². The molecule has 1 aliphatic heterocycles. The topological polar surface area (TPSA) is 53.0 Å². The van der Waals surface area contributed by atoms with Gasteiger partial charge in [0, 0.05) is 19.1 Å². The van der Waals surface area contributed by atoms with Gasteiger partial charge in [-0.2, -0.15) is 5.26 Å². The number of likely N-dealkylation sites (tertiary alicyclic amines) is 1. The van der Waals surface area contributed by atoms with Crippen LogP contribution in [-0.4, -0.2) is 31.1 Å². The molecular formula is C7H13N3. The lowest BCUT2D eigenvalue weighted by Crippen LogP contribution is -2.44. The quantitative estimate of drug-likeness (QED) is 0.505. The van der Waals surface area contributed by atoms with Gasteiger partial charge in [0.05, 0.1) is 12.0 Å². The normalized spacial score (nSPS) is 35.3. The van der Waals surface area contributed by atoms with Crippen LogP contribution in [0.1, 0.15) is 6.42 Å². The maximum absolute atomic E-state index is 8.59. The van der Waals surface area contributed by atoms with Crippen LogP contribution in [0.4, 0.5) is 0 Å². The molecule has 0 saturated carbocycles. The Morgan fingerprint density at radius 3 is 2.80 bits per heavy atom. The second-order valence-corrected chi connectivity index (χ2v) is 3.04. The largest absolute Gasteiger partial charge is 0.326 e. The molecule has 0 bridgehead atoms. The fourth-order valence-corrected chi connectivity index (χ4v) is 1.46. The molecule has 1 heterocycles. The van der Waals surface area contributed by atoms with E-state index in [1.165, 1.54) is 0 Å². The lowest BCUT2D eigenvalue weighted by atomic mass is 9.97. The molecule has 3 heteroatoms. The fraction of sp³-hybridized carbons (Fsp3) is 0.857. The molecule has 1 rings (SSSR count). The SMILES string of the molecule is CN1CC(N)CC(C#N)C1. The van der Waals surface area contributed by atoms with Gasteiger partial charge in [0.15, 0.2) is 0 Å². The molecule has 2 atom stereocenters. The Labute approximate surface area is 61.4 Å². The summed E-state index contributed by atoms with van der Waals surface area (Å²) in [6, 6.07) is 2.44. The Morgan fingerprint density at radius 1 is 1.60 bits per heavy atom. The highest BCUT2D eigenvalue weighted by Gasteiger charge is 2.21. The Kier molecular flexibility index (Phi) is 2.25. The molecule has 2 unspecified atom stereocenters. The molecule has 0 aromatic rings. The molecule has 10 heavy (non-hydrogen) atoms. The third-order valence-electron chi connectivity index (χ3n) is 1.85. The summed E-state index contributed by atoms with van der Waals surface area (Å²) >= 11 is 0. The molecule has 2 N–H and O–H groups in total. The lowest BCUT2D eigenvalue weighted by Gasteiger charge is -2.30. The van der Waals surface area contributed by atoms with Crippen molar-refractivity contribution in [1.82, 2.24) is 4.90 Å². The number of hydrogen-bond acceptors (Lipinski definition) is 3. The molecule has 56 valence electrons. The van der Waals surface area contributed by atoms with Gasteiger partial charge in [-0.05, 0) is 13.5 Å². The van der Waals surface area contributed by atoms with E-state index in [1.807, 2.05) is 7.05 Å². The maximum atomic E-state index is 8.59. The summed E-state index contributed by atoms with van der Waals surface area (Å²) in [6.07, 6.45) is 0.862. The van der Waals surface area contributed by atoms with Crippen LogP contribution in [-0.2, 0) is 0 Å². The molecule has 0 radical (unpaired) electrons. The number of piperidine rings is 1. The first-order chi connectivity index (χ1) is 4.72. The van der Waals surface area contributed by atoms with Crippen LogP contribution >= 0.6 is 0 Å². The average Bonchev–Trinajstić information content (AvgIpc) is 1.85. The van der Waals surface area contributed by atoms with Crippen LogP contribution in [0.25, 0.3) is 0 Å². The van der Waals surface area contributed by atoms with E-state index in [9.17, 15) is 0 Å². The zero-order valence-electron chi connectivity index (χ0n) is 6.25. The van der Waals surface area contributed by atoms with Crippen molar-refractivity contribution in [3.8, 4) is 6.07 Å². The van der Waals surface area contributed by atoms with Gasteiger partial charge in [0.2, 0.25) is 0 Å². The molecule has 0 aromatic heterocycles. The maximum Gasteiger partial charge on any atom is 0.0669 e. The van der Waals surface area contributed by atoms with Crippen LogP contribution in [0.15, 0.2) is 0 Å². The summed E-state index contributed by atoms with van der Waals surface area (Å²) in [5, 5.41) is 8.59. The number of nitriles is 1. The van der Waals surface area contributed by atoms with Crippen LogP contribution in [0.5, 0.6) is 0 Å². The van der Waals surface area contributed by atoms with Gasteiger partial charge in [0.25, 0.3) is 0 Å². The van der Waals surface area contributed by atoms with Crippen molar-refractivity contribution in [2.75, 3.05) is 20.1 Å². The first-order valence-corrected chi connectivity index (χ1v) is 3.56. The fourth-order valence-electron chi connectivity index (χ4n) is 1.46. The van der Waals surface area contributed by atoms with Crippen LogP contribution in [0, 0.1) is 17.2 Å². The number of likely N-dealkylation sites (N-methyl/N-ethyl adjacent to an activating group) is 1. The van der Waals surface area contributed by atoms with Crippen molar-refractivity contribution in [3.05, 3.63) is 0 Å². The molecule has 3 nitrogen and oxygen atoms in total. The van der Waals surface area contributed by atoms with Gasteiger partial charge >= 0.3 is 0 Å².